The third-order valence-electron chi connectivity index (χ3n) is 2.52. The molecule has 1 aliphatic heterocycles. The second kappa shape index (κ2) is 2.76. The van der Waals surface area contributed by atoms with E-state index in [1.807, 2.05) is 19.1 Å². The number of nitrogen functional groups attached to an aromatic ring is 1. The first-order valence-electron chi connectivity index (χ1n) is 4.36. The van der Waals surface area contributed by atoms with E-state index in [1.54, 1.807) is 0 Å². The number of nitrogens with one attached hydrogen (secondary N) is 1. The minimum Gasteiger partial charge on any atom is -0.399 e. The van der Waals surface area contributed by atoms with Crippen LogP contribution in [0.4, 0.5) is 11.4 Å². The molecular formula is C10H12N2O. The summed E-state index contributed by atoms with van der Waals surface area (Å²) in [7, 11) is 0. The molecule has 0 fully saturated rings. The van der Waals surface area contributed by atoms with Gasteiger partial charge < -0.3 is 11.1 Å². The minimum atomic E-state index is 0.0941. The van der Waals surface area contributed by atoms with Gasteiger partial charge in [-0.3, -0.25) is 4.79 Å². The van der Waals surface area contributed by atoms with Crippen LogP contribution in [-0.2, 0) is 11.2 Å². The van der Waals surface area contributed by atoms with E-state index in [1.165, 1.54) is 5.56 Å². The van der Waals surface area contributed by atoms with Crippen molar-refractivity contribution in [2.24, 2.45) is 0 Å². The third kappa shape index (κ3) is 1.26. The van der Waals surface area contributed by atoms with Gasteiger partial charge in [-0.05, 0) is 36.6 Å². The molecule has 68 valence electrons. The molecule has 3 N–H and O–H groups in total. The first-order valence-corrected chi connectivity index (χ1v) is 4.36. The molecular weight excluding hydrogens is 164 g/mol. The number of nitrogens with two attached hydrogens (primary N) is 1. The summed E-state index contributed by atoms with van der Waals surface area (Å²) in [5.41, 5.74) is 9.76. The minimum absolute atomic E-state index is 0.0941. The molecule has 0 radical (unpaired) electrons. The van der Waals surface area contributed by atoms with E-state index in [4.69, 9.17) is 5.73 Å². The first kappa shape index (κ1) is 8.10. The predicted molar refractivity (Wildman–Crippen MR) is 52.5 cm³/mol. The number of hydrogen-bond acceptors (Lipinski definition) is 2. The van der Waals surface area contributed by atoms with Crippen molar-refractivity contribution >= 4 is 17.3 Å². The summed E-state index contributed by atoms with van der Waals surface area (Å²) >= 11 is 0. The van der Waals surface area contributed by atoms with Gasteiger partial charge in [0.2, 0.25) is 5.91 Å². The fourth-order valence-electron chi connectivity index (χ4n) is 1.67. The molecule has 0 aromatic heterocycles. The van der Waals surface area contributed by atoms with Crippen molar-refractivity contribution in [1.82, 2.24) is 0 Å². The SMILES string of the molecule is Cc1c(N)ccc2c1CCC(=O)N2. The highest BCUT2D eigenvalue weighted by molar-refractivity contribution is 5.94. The van der Waals surface area contributed by atoms with Crippen molar-refractivity contribution in [3.05, 3.63) is 23.3 Å². The van der Waals surface area contributed by atoms with Crippen molar-refractivity contribution in [3.63, 3.8) is 0 Å². The van der Waals surface area contributed by atoms with Gasteiger partial charge in [-0.15, -0.1) is 0 Å². The lowest BCUT2D eigenvalue weighted by Gasteiger charge is -2.19. The summed E-state index contributed by atoms with van der Waals surface area (Å²) in [4.78, 5) is 11.1. The van der Waals surface area contributed by atoms with Crippen molar-refractivity contribution in [2.75, 3.05) is 11.1 Å². The fraction of sp³-hybridized carbons (Fsp3) is 0.300. The van der Waals surface area contributed by atoms with Crippen LogP contribution in [0.2, 0.25) is 0 Å². The Morgan fingerprint density at radius 1 is 1.38 bits per heavy atom. The Bertz CT molecular complexity index is 371. The van der Waals surface area contributed by atoms with Crippen LogP contribution in [0, 0.1) is 6.92 Å². The zero-order valence-corrected chi connectivity index (χ0v) is 7.55. The van der Waals surface area contributed by atoms with Gasteiger partial charge in [0.15, 0.2) is 0 Å². The Hall–Kier alpha value is -1.51. The number of carbonyl (C=O) groups is 1. The van der Waals surface area contributed by atoms with Crippen LogP contribution in [-0.4, -0.2) is 5.91 Å². The molecule has 0 spiro atoms. The van der Waals surface area contributed by atoms with E-state index in [0.717, 1.165) is 23.4 Å². The monoisotopic (exact) mass is 176 g/mol. The Balaban J connectivity index is 2.53. The van der Waals surface area contributed by atoms with Gasteiger partial charge in [-0.2, -0.15) is 0 Å². The lowest BCUT2D eigenvalue weighted by atomic mass is 9.97. The van der Waals surface area contributed by atoms with Gasteiger partial charge in [0.05, 0.1) is 0 Å². The molecule has 2 rings (SSSR count). The average Bonchev–Trinajstić information content (AvgIpc) is 2.12. The van der Waals surface area contributed by atoms with Crippen LogP contribution in [0.5, 0.6) is 0 Å². The maximum atomic E-state index is 11.1. The summed E-state index contributed by atoms with van der Waals surface area (Å²) < 4.78 is 0. The van der Waals surface area contributed by atoms with E-state index in [9.17, 15) is 4.79 Å². The second-order valence-corrected chi connectivity index (χ2v) is 3.35. The molecule has 0 aliphatic carbocycles. The van der Waals surface area contributed by atoms with E-state index in [0.29, 0.717) is 6.42 Å². The molecule has 0 bridgehead atoms. The van der Waals surface area contributed by atoms with Crippen molar-refractivity contribution in [1.29, 1.82) is 0 Å². The molecule has 1 aliphatic rings. The smallest absolute Gasteiger partial charge is 0.224 e. The fourth-order valence-corrected chi connectivity index (χ4v) is 1.67. The molecule has 0 unspecified atom stereocenters. The van der Waals surface area contributed by atoms with Gasteiger partial charge in [0.25, 0.3) is 0 Å². The highest BCUT2D eigenvalue weighted by Gasteiger charge is 2.16. The highest BCUT2D eigenvalue weighted by atomic mass is 16.1. The largest absolute Gasteiger partial charge is 0.399 e. The van der Waals surface area contributed by atoms with E-state index < -0.39 is 0 Å². The summed E-state index contributed by atoms with van der Waals surface area (Å²) in [6, 6.07) is 3.70. The zero-order chi connectivity index (χ0) is 9.42. The van der Waals surface area contributed by atoms with Crippen LogP contribution in [0.15, 0.2) is 12.1 Å². The van der Waals surface area contributed by atoms with Crippen molar-refractivity contribution < 1.29 is 4.79 Å². The van der Waals surface area contributed by atoms with Gasteiger partial charge in [0.1, 0.15) is 0 Å². The number of fused-ring (bicyclic) bond motifs is 1. The third-order valence-corrected chi connectivity index (χ3v) is 2.52. The Labute approximate surface area is 76.9 Å². The topological polar surface area (TPSA) is 55.1 Å². The van der Waals surface area contributed by atoms with E-state index in [2.05, 4.69) is 5.32 Å². The molecule has 1 amide bonds. The predicted octanol–water partition coefficient (Wildman–Crippen LogP) is 1.46. The maximum Gasteiger partial charge on any atom is 0.224 e. The van der Waals surface area contributed by atoms with Crippen LogP contribution >= 0.6 is 0 Å². The Morgan fingerprint density at radius 2 is 2.15 bits per heavy atom. The van der Waals surface area contributed by atoms with Crippen molar-refractivity contribution in [3.8, 4) is 0 Å². The lowest BCUT2D eigenvalue weighted by molar-refractivity contribution is -0.116. The Kier molecular flexibility index (Phi) is 1.72. The lowest BCUT2D eigenvalue weighted by Crippen LogP contribution is -2.20. The van der Waals surface area contributed by atoms with E-state index in [-0.39, 0.29) is 5.91 Å². The number of carbonyl (C=O) groups excluding carboxylic acids is 1. The normalized spacial score (nSPS) is 15.0. The van der Waals surface area contributed by atoms with Crippen molar-refractivity contribution in [2.45, 2.75) is 19.8 Å². The molecule has 0 saturated carbocycles. The zero-order valence-electron chi connectivity index (χ0n) is 7.55. The summed E-state index contributed by atoms with van der Waals surface area (Å²) in [5.74, 6) is 0.0941. The molecule has 0 atom stereocenters. The first-order chi connectivity index (χ1) is 6.18. The summed E-state index contributed by atoms with van der Waals surface area (Å²) in [5, 5.41) is 2.83. The number of amides is 1. The standard InChI is InChI=1S/C10H12N2O/c1-6-7-2-5-10(13)12-9(7)4-3-8(6)11/h3-4H,2,5,11H2,1H3,(H,12,13). The summed E-state index contributed by atoms with van der Waals surface area (Å²) in [6.45, 7) is 1.99. The average molecular weight is 176 g/mol. The highest BCUT2D eigenvalue weighted by Crippen LogP contribution is 2.28. The number of anilines is 2. The molecule has 1 aromatic rings. The van der Waals surface area contributed by atoms with Crippen LogP contribution in [0.3, 0.4) is 0 Å². The molecule has 3 nitrogen and oxygen atoms in total. The maximum absolute atomic E-state index is 11.1. The van der Waals surface area contributed by atoms with Gasteiger partial charge in [-0.25, -0.2) is 0 Å². The molecule has 3 heteroatoms. The molecule has 1 heterocycles. The summed E-state index contributed by atoms with van der Waals surface area (Å²) in [6.07, 6.45) is 1.37. The quantitative estimate of drug-likeness (QED) is 0.588. The Morgan fingerprint density at radius 3 is 2.92 bits per heavy atom. The van der Waals surface area contributed by atoms with Gasteiger partial charge >= 0.3 is 0 Å². The number of hydrogen-bond donors (Lipinski definition) is 2. The van der Waals surface area contributed by atoms with E-state index >= 15 is 0 Å². The van der Waals surface area contributed by atoms with Gasteiger partial charge in [0, 0.05) is 17.8 Å². The number of rotatable bonds is 0. The second-order valence-electron chi connectivity index (χ2n) is 3.35. The molecule has 1 aromatic carbocycles. The molecule has 13 heavy (non-hydrogen) atoms. The molecule has 0 saturated heterocycles. The van der Waals surface area contributed by atoms with Crippen LogP contribution in [0.1, 0.15) is 17.5 Å². The number of benzene rings is 1. The van der Waals surface area contributed by atoms with Gasteiger partial charge in [-0.1, -0.05) is 0 Å². The van der Waals surface area contributed by atoms with Crippen LogP contribution < -0.4 is 11.1 Å². The van der Waals surface area contributed by atoms with Crippen LogP contribution in [0.25, 0.3) is 0 Å².